The van der Waals surface area contributed by atoms with Crippen LogP contribution in [0.1, 0.15) is 20.3 Å². The molecule has 0 saturated carbocycles. The van der Waals surface area contributed by atoms with Crippen LogP contribution < -0.4 is 0 Å². The molecule has 18 heavy (non-hydrogen) atoms. The van der Waals surface area contributed by atoms with E-state index < -0.39 is 33.7 Å². The largest absolute Gasteiger partial charge is 0.432 e. The molecule has 0 aromatic carbocycles. The van der Waals surface area contributed by atoms with E-state index in [1.165, 1.54) is 13.8 Å². The van der Waals surface area contributed by atoms with Crippen LogP contribution in [0.4, 0.5) is 0 Å². The maximum absolute atomic E-state index is 11.4. The molecule has 0 spiro atoms. The van der Waals surface area contributed by atoms with Crippen molar-refractivity contribution in [2.45, 2.75) is 25.5 Å². The van der Waals surface area contributed by atoms with Gasteiger partial charge < -0.3 is 9.47 Å². The molecule has 102 valence electrons. The minimum Gasteiger partial charge on any atom is -0.432 e. The normalized spacial score (nSPS) is 12.4. The lowest BCUT2D eigenvalue weighted by molar-refractivity contribution is -0.145. The summed E-state index contributed by atoms with van der Waals surface area (Å²) >= 11 is 0. The lowest BCUT2D eigenvalue weighted by Gasteiger charge is -2.12. The maximum Gasteiger partial charge on any atom is 0.332 e. The number of hydrogen-bond acceptors (Lipinski definition) is 6. The minimum atomic E-state index is -4.79. The van der Waals surface area contributed by atoms with Gasteiger partial charge in [0.15, 0.2) is 5.25 Å². The first-order valence-corrected chi connectivity index (χ1v) is 6.24. The quantitative estimate of drug-likeness (QED) is 0.434. The average Bonchev–Trinajstić information content (AvgIpc) is 2.09. The van der Waals surface area contributed by atoms with Gasteiger partial charge in [0.05, 0.1) is 17.9 Å². The topological polar surface area (TPSA) is 107 Å². The second-order valence-corrected chi connectivity index (χ2v) is 5.11. The lowest BCUT2D eigenvalue weighted by atomic mass is 10.3. The van der Waals surface area contributed by atoms with Crippen LogP contribution in [0.3, 0.4) is 0 Å². The van der Waals surface area contributed by atoms with Crippen LogP contribution in [0.2, 0.25) is 0 Å². The Morgan fingerprint density at radius 3 is 1.94 bits per heavy atom. The molecule has 0 radical (unpaired) electrons. The van der Waals surface area contributed by atoms with E-state index >= 15 is 0 Å². The van der Waals surface area contributed by atoms with E-state index in [-0.39, 0.29) is 11.5 Å². The first kappa shape index (κ1) is 16.3. The summed E-state index contributed by atoms with van der Waals surface area (Å²) in [5, 5.41) is -2.05. The summed E-state index contributed by atoms with van der Waals surface area (Å²) in [7, 11) is -4.79. The molecule has 0 rings (SSSR count). The number of carbonyl (C=O) groups excluding carboxylic acids is 2. The average molecular weight is 278 g/mol. The fraction of sp³-hybridized carbons (Fsp3) is 0.400. The Hall–Kier alpha value is -1.67. The first-order chi connectivity index (χ1) is 8.04. The molecular formula is C10H14O7S. The highest BCUT2D eigenvalue weighted by Gasteiger charge is 2.35. The molecule has 1 N–H and O–H groups in total. The van der Waals surface area contributed by atoms with Gasteiger partial charge in [-0.05, 0) is 13.8 Å². The first-order valence-electron chi connectivity index (χ1n) is 4.73. The number of allylic oxidation sites excluding steroid dienone is 2. The van der Waals surface area contributed by atoms with Crippen molar-refractivity contribution in [3.8, 4) is 0 Å². The molecule has 0 aliphatic heterocycles. The van der Waals surface area contributed by atoms with Gasteiger partial charge in [-0.3, -0.25) is 14.1 Å². The van der Waals surface area contributed by atoms with Gasteiger partial charge in [-0.1, -0.05) is 13.2 Å². The fourth-order valence-corrected chi connectivity index (χ4v) is 1.57. The van der Waals surface area contributed by atoms with Crippen molar-refractivity contribution in [2.24, 2.45) is 0 Å². The monoisotopic (exact) mass is 278 g/mol. The molecular weight excluding hydrogens is 264 g/mol. The highest BCUT2D eigenvalue weighted by Crippen LogP contribution is 2.11. The molecule has 0 amide bonds. The third-order valence-electron chi connectivity index (χ3n) is 1.54. The summed E-state index contributed by atoms with van der Waals surface area (Å²) in [5.74, 6) is -2.36. The Morgan fingerprint density at radius 2 is 1.61 bits per heavy atom. The van der Waals surface area contributed by atoms with Crippen LogP contribution in [0.5, 0.6) is 0 Å². The van der Waals surface area contributed by atoms with E-state index in [1.54, 1.807) is 0 Å². The minimum absolute atomic E-state index is 0.0300. The zero-order chi connectivity index (χ0) is 14.5. The van der Waals surface area contributed by atoms with Gasteiger partial charge in [0, 0.05) is 0 Å². The predicted molar refractivity (Wildman–Crippen MR) is 61.8 cm³/mol. The Labute approximate surface area is 105 Å². The zero-order valence-corrected chi connectivity index (χ0v) is 10.8. The van der Waals surface area contributed by atoms with Gasteiger partial charge in [-0.2, -0.15) is 8.42 Å². The summed E-state index contributed by atoms with van der Waals surface area (Å²) in [5.41, 5.74) is 0. The summed E-state index contributed by atoms with van der Waals surface area (Å²) in [4.78, 5) is 22.6. The van der Waals surface area contributed by atoms with E-state index in [0.717, 1.165) is 0 Å². The van der Waals surface area contributed by atoms with Gasteiger partial charge in [-0.15, -0.1) is 0 Å². The predicted octanol–water partition coefficient (Wildman–Crippen LogP) is 0.786. The molecule has 0 aliphatic rings. The van der Waals surface area contributed by atoms with Gasteiger partial charge in [0.1, 0.15) is 0 Å². The van der Waals surface area contributed by atoms with Crippen LogP contribution in [0, 0.1) is 0 Å². The van der Waals surface area contributed by atoms with E-state index in [1.807, 2.05) is 0 Å². The molecule has 0 bridgehead atoms. The van der Waals surface area contributed by atoms with Crippen LogP contribution in [0.15, 0.2) is 24.7 Å². The van der Waals surface area contributed by atoms with Crippen molar-refractivity contribution >= 4 is 22.1 Å². The highest BCUT2D eigenvalue weighted by molar-refractivity contribution is 7.87. The van der Waals surface area contributed by atoms with E-state index in [0.29, 0.717) is 0 Å². The van der Waals surface area contributed by atoms with E-state index in [9.17, 15) is 18.0 Å². The van der Waals surface area contributed by atoms with E-state index in [2.05, 4.69) is 22.6 Å². The number of hydrogen-bond donors (Lipinski definition) is 1. The Bertz CT molecular complexity index is 474. The molecule has 1 unspecified atom stereocenters. The van der Waals surface area contributed by atoms with Crippen molar-refractivity contribution in [3.05, 3.63) is 24.7 Å². The summed E-state index contributed by atoms with van der Waals surface area (Å²) in [6.45, 7) is 9.19. The molecule has 0 saturated heterocycles. The maximum atomic E-state index is 11.4. The van der Waals surface area contributed by atoms with Crippen molar-refractivity contribution < 1.29 is 32.0 Å². The third kappa shape index (κ3) is 6.16. The molecule has 0 fully saturated rings. The molecule has 1 atom stereocenters. The zero-order valence-electron chi connectivity index (χ0n) is 10.0. The molecule has 0 aromatic rings. The molecule has 0 aliphatic carbocycles. The summed E-state index contributed by atoms with van der Waals surface area (Å²) in [6.07, 6.45) is -0.877. The summed E-state index contributed by atoms with van der Waals surface area (Å²) in [6, 6.07) is 0. The van der Waals surface area contributed by atoms with Crippen LogP contribution in [-0.4, -0.2) is 30.2 Å². The molecule has 8 heteroatoms. The number of ether oxygens (including phenoxy) is 2. The standard InChI is InChI=1S/C10H14O7S/c1-6(2)16-9(11)5-8(18(13,14)15)10(12)17-7(3)4/h8H,1,3,5H2,2,4H3,(H,13,14,15). The van der Waals surface area contributed by atoms with Gasteiger partial charge in [0.25, 0.3) is 10.1 Å². The molecule has 7 nitrogen and oxygen atoms in total. The SMILES string of the molecule is C=C(C)OC(=O)CC(C(=O)OC(=C)C)S(=O)(=O)O. The smallest absolute Gasteiger partial charge is 0.332 e. The van der Waals surface area contributed by atoms with Crippen molar-refractivity contribution in [3.63, 3.8) is 0 Å². The second kappa shape index (κ2) is 6.31. The Kier molecular flexibility index (Phi) is 5.73. The van der Waals surface area contributed by atoms with Crippen molar-refractivity contribution in [1.29, 1.82) is 0 Å². The number of rotatable bonds is 6. The Morgan fingerprint density at radius 1 is 1.17 bits per heavy atom. The molecule has 0 heterocycles. The van der Waals surface area contributed by atoms with Crippen molar-refractivity contribution in [1.82, 2.24) is 0 Å². The fourth-order valence-electron chi connectivity index (χ4n) is 0.935. The van der Waals surface area contributed by atoms with Crippen LogP contribution in [-0.2, 0) is 29.2 Å². The number of esters is 2. The van der Waals surface area contributed by atoms with E-state index in [4.69, 9.17) is 4.55 Å². The second-order valence-electron chi connectivity index (χ2n) is 3.51. The van der Waals surface area contributed by atoms with Gasteiger partial charge >= 0.3 is 11.9 Å². The van der Waals surface area contributed by atoms with Gasteiger partial charge in [-0.25, -0.2) is 0 Å². The van der Waals surface area contributed by atoms with Crippen LogP contribution in [0.25, 0.3) is 0 Å². The number of carbonyl (C=O) groups is 2. The van der Waals surface area contributed by atoms with Gasteiger partial charge in [0.2, 0.25) is 0 Å². The van der Waals surface area contributed by atoms with Crippen LogP contribution >= 0.6 is 0 Å². The van der Waals surface area contributed by atoms with Crippen molar-refractivity contribution in [2.75, 3.05) is 0 Å². The molecule has 0 aromatic heterocycles. The highest BCUT2D eigenvalue weighted by atomic mass is 32.2. The lowest BCUT2D eigenvalue weighted by Crippen LogP contribution is -2.34. The Balaban J connectivity index is 4.93. The third-order valence-corrected chi connectivity index (χ3v) is 2.62. The summed E-state index contributed by atoms with van der Waals surface area (Å²) < 4.78 is 39.7.